The molecule has 3 aromatic carbocycles. The van der Waals surface area contributed by atoms with Gasteiger partial charge in [-0.2, -0.15) is 0 Å². The molecule has 1 heterocycles. The van der Waals surface area contributed by atoms with E-state index >= 15 is 0 Å². The van der Waals surface area contributed by atoms with Crippen LogP contribution in [-0.4, -0.2) is 17.6 Å². The molecular formula is C30H37BrN+. The van der Waals surface area contributed by atoms with Crippen molar-refractivity contribution in [3.05, 3.63) is 106 Å². The van der Waals surface area contributed by atoms with Crippen molar-refractivity contribution in [3.63, 3.8) is 0 Å². The third kappa shape index (κ3) is 6.11. The molecule has 1 saturated heterocycles. The van der Waals surface area contributed by atoms with Crippen LogP contribution in [0.1, 0.15) is 55.9 Å². The van der Waals surface area contributed by atoms with E-state index in [1.165, 1.54) is 54.6 Å². The summed E-state index contributed by atoms with van der Waals surface area (Å²) in [6, 6.07) is 29.5. The maximum absolute atomic E-state index is 3.60. The van der Waals surface area contributed by atoms with E-state index in [-0.39, 0.29) is 5.41 Å². The van der Waals surface area contributed by atoms with Gasteiger partial charge in [0.05, 0.1) is 13.1 Å². The zero-order valence-electron chi connectivity index (χ0n) is 19.9. The molecule has 2 atom stereocenters. The summed E-state index contributed by atoms with van der Waals surface area (Å²) in [6.45, 7) is 11.6. The lowest BCUT2D eigenvalue weighted by molar-refractivity contribution is -0.961. The second kappa shape index (κ2) is 9.93. The highest BCUT2D eigenvalue weighted by atomic mass is 79.9. The fourth-order valence-electron chi connectivity index (χ4n) is 5.38. The van der Waals surface area contributed by atoms with Crippen LogP contribution >= 0.6 is 15.9 Å². The Morgan fingerprint density at radius 3 is 2.00 bits per heavy atom. The average molecular weight is 492 g/mol. The minimum absolute atomic E-state index is 0.218. The van der Waals surface area contributed by atoms with Crippen LogP contribution in [0.2, 0.25) is 0 Å². The Kier molecular flexibility index (Phi) is 7.22. The molecule has 0 bridgehead atoms. The molecular weight excluding hydrogens is 454 g/mol. The van der Waals surface area contributed by atoms with Gasteiger partial charge in [0.1, 0.15) is 13.1 Å². The van der Waals surface area contributed by atoms with Gasteiger partial charge in [-0.25, -0.2) is 0 Å². The fraction of sp³-hybridized carbons (Fsp3) is 0.400. The first-order valence-corrected chi connectivity index (χ1v) is 12.8. The van der Waals surface area contributed by atoms with Crippen LogP contribution in [0.25, 0.3) is 0 Å². The molecule has 168 valence electrons. The van der Waals surface area contributed by atoms with Crippen molar-refractivity contribution in [2.24, 2.45) is 5.92 Å². The predicted octanol–water partition coefficient (Wildman–Crippen LogP) is 7.92. The van der Waals surface area contributed by atoms with E-state index < -0.39 is 0 Å². The van der Waals surface area contributed by atoms with Crippen LogP contribution in [0.5, 0.6) is 0 Å². The summed E-state index contributed by atoms with van der Waals surface area (Å²) in [7, 11) is 0. The van der Waals surface area contributed by atoms with Crippen LogP contribution in [0.3, 0.4) is 0 Å². The summed E-state index contributed by atoms with van der Waals surface area (Å²) >= 11 is 3.60. The van der Waals surface area contributed by atoms with E-state index in [9.17, 15) is 0 Å². The van der Waals surface area contributed by atoms with Gasteiger partial charge in [-0.05, 0) is 47.9 Å². The summed E-state index contributed by atoms with van der Waals surface area (Å²) in [5.74, 6) is 0.739. The molecule has 1 fully saturated rings. The van der Waals surface area contributed by atoms with Gasteiger partial charge in [-0.1, -0.05) is 103 Å². The lowest BCUT2D eigenvalue weighted by Gasteiger charge is -2.45. The summed E-state index contributed by atoms with van der Waals surface area (Å²) in [5.41, 5.74) is 6.04. The van der Waals surface area contributed by atoms with Crippen LogP contribution in [0, 0.1) is 5.92 Å². The minimum Gasteiger partial charge on any atom is -0.316 e. The first-order chi connectivity index (χ1) is 15.3. The summed E-state index contributed by atoms with van der Waals surface area (Å²) in [6.07, 6.45) is 3.85. The highest BCUT2D eigenvalue weighted by molar-refractivity contribution is 9.10. The normalized spacial score (nSPS) is 21.4. The largest absolute Gasteiger partial charge is 0.316 e. The Hall–Kier alpha value is -1.90. The minimum atomic E-state index is 0.218. The van der Waals surface area contributed by atoms with E-state index in [2.05, 4.69) is 116 Å². The van der Waals surface area contributed by atoms with E-state index in [0.29, 0.717) is 0 Å². The molecule has 0 spiro atoms. The zero-order chi connectivity index (χ0) is 22.6. The second-order valence-electron chi connectivity index (χ2n) is 10.8. The average Bonchev–Trinajstić information content (AvgIpc) is 2.76. The molecule has 0 aliphatic carbocycles. The number of piperidine rings is 1. The Balaban J connectivity index is 1.53. The molecule has 4 rings (SSSR count). The Labute approximate surface area is 203 Å². The van der Waals surface area contributed by atoms with Gasteiger partial charge in [0.25, 0.3) is 0 Å². The summed E-state index contributed by atoms with van der Waals surface area (Å²) in [5, 5.41) is 0. The van der Waals surface area contributed by atoms with Gasteiger partial charge in [0, 0.05) is 21.5 Å². The molecule has 1 nitrogen and oxygen atoms in total. The maximum atomic E-state index is 3.60. The van der Waals surface area contributed by atoms with Gasteiger partial charge in [0.15, 0.2) is 0 Å². The molecule has 0 saturated carbocycles. The van der Waals surface area contributed by atoms with Crippen molar-refractivity contribution in [2.45, 2.75) is 58.5 Å². The molecule has 1 aliphatic rings. The van der Waals surface area contributed by atoms with Crippen molar-refractivity contribution < 1.29 is 4.48 Å². The third-order valence-corrected chi connectivity index (χ3v) is 7.56. The Morgan fingerprint density at radius 2 is 1.38 bits per heavy atom. The number of hydrogen-bond acceptors (Lipinski definition) is 0. The van der Waals surface area contributed by atoms with E-state index in [1.807, 2.05) is 0 Å². The Morgan fingerprint density at radius 1 is 0.781 bits per heavy atom. The summed E-state index contributed by atoms with van der Waals surface area (Å²) in [4.78, 5) is 0. The molecule has 0 amide bonds. The quantitative estimate of drug-likeness (QED) is 0.307. The lowest BCUT2D eigenvalue weighted by Crippen LogP contribution is -2.53. The predicted molar refractivity (Wildman–Crippen MR) is 140 cm³/mol. The van der Waals surface area contributed by atoms with E-state index in [1.54, 1.807) is 0 Å². The van der Waals surface area contributed by atoms with Gasteiger partial charge in [-0.3, -0.25) is 0 Å². The Bertz CT molecular complexity index is 986. The molecule has 0 radical (unpaired) electrons. The summed E-state index contributed by atoms with van der Waals surface area (Å²) < 4.78 is 2.32. The van der Waals surface area contributed by atoms with Crippen LogP contribution < -0.4 is 0 Å². The SMILES string of the molecule is CC(C)(C)c1ccc(CC2CCC[N+](Cc3ccccc3)(Cc3ccc(Br)cc3)C2)cc1. The maximum Gasteiger partial charge on any atom is 0.105 e. The van der Waals surface area contributed by atoms with Gasteiger partial charge < -0.3 is 4.48 Å². The van der Waals surface area contributed by atoms with Crippen molar-refractivity contribution >= 4 is 15.9 Å². The zero-order valence-corrected chi connectivity index (χ0v) is 21.4. The monoisotopic (exact) mass is 490 g/mol. The molecule has 32 heavy (non-hydrogen) atoms. The van der Waals surface area contributed by atoms with E-state index in [0.717, 1.165) is 28.0 Å². The molecule has 2 heteroatoms. The number of halogens is 1. The van der Waals surface area contributed by atoms with Gasteiger partial charge >= 0.3 is 0 Å². The second-order valence-corrected chi connectivity index (χ2v) is 11.8. The van der Waals surface area contributed by atoms with E-state index in [4.69, 9.17) is 0 Å². The topological polar surface area (TPSA) is 0 Å². The van der Waals surface area contributed by atoms with Crippen LogP contribution in [-0.2, 0) is 24.9 Å². The highest BCUT2D eigenvalue weighted by Crippen LogP contribution is 2.32. The fourth-order valence-corrected chi connectivity index (χ4v) is 5.64. The first-order valence-electron chi connectivity index (χ1n) is 12.0. The molecule has 0 aromatic heterocycles. The van der Waals surface area contributed by atoms with Crippen LogP contribution in [0.4, 0.5) is 0 Å². The number of rotatable bonds is 6. The van der Waals surface area contributed by atoms with Crippen molar-refractivity contribution in [1.29, 1.82) is 0 Å². The first kappa shape index (κ1) is 23.3. The van der Waals surface area contributed by atoms with Crippen LogP contribution in [0.15, 0.2) is 83.3 Å². The lowest BCUT2D eigenvalue weighted by atomic mass is 9.85. The van der Waals surface area contributed by atoms with Crippen molar-refractivity contribution in [3.8, 4) is 0 Å². The number of benzene rings is 3. The standard InChI is InChI=1S/C30H37BrN/c1-30(2,3)28-15-11-24(12-16-28)20-27-10-7-19-32(23-27,21-25-8-5-4-6-9-25)22-26-13-17-29(31)18-14-26/h4-6,8-9,11-18,27H,7,10,19-23H2,1-3H3/q+1. The molecule has 1 aliphatic heterocycles. The van der Waals surface area contributed by atoms with Crippen molar-refractivity contribution in [2.75, 3.05) is 13.1 Å². The number of hydrogen-bond donors (Lipinski definition) is 0. The van der Waals surface area contributed by atoms with Crippen molar-refractivity contribution in [1.82, 2.24) is 0 Å². The molecule has 3 aromatic rings. The molecule has 2 unspecified atom stereocenters. The number of likely N-dealkylation sites (tertiary alicyclic amines) is 1. The number of quaternary nitrogens is 1. The smallest absolute Gasteiger partial charge is 0.105 e. The third-order valence-electron chi connectivity index (χ3n) is 7.03. The number of nitrogens with zero attached hydrogens (tertiary/aromatic N) is 1. The molecule has 0 N–H and O–H groups in total. The van der Waals surface area contributed by atoms with Gasteiger partial charge in [-0.15, -0.1) is 0 Å². The van der Waals surface area contributed by atoms with Gasteiger partial charge in [0.2, 0.25) is 0 Å². The highest BCUT2D eigenvalue weighted by Gasteiger charge is 2.35.